The fourth-order valence-electron chi connectivity index (χ4n) is 4.25. The van der Waals surface area contributed by atoms with Crippen LogP contribution in [-0.4, -0.2) is 17.4 Å². The number of carbonyl (C=O) groups excluding carboxylic acids is 1. The van der Waals surface area contributed by atoms with E-state index in [9.17, 15) is 4.79 Å². The van der Waals surface area contributed by atoms with E-state index in [2.05, 4.69) is 80.4 Å². The SMILES string of the molecule is CC(C)(Cc1cc2ccccc2cc1Br)OC(=O)OC(C)(C)Cc1cc2ccccc2cc1Br. The number of hydrogen-bond acceptors (Lipinski definition) is 3. The number of halogens is 2. The zero-order valence-corrected chi connectivity index (χ0v) is 23.0. The Balaban J connectivity index is 1.44. The Kier molecular flexibility index (Phi) is 7.07. The first kappa shape index (κ1) is 24.7. The van der Waals surface area contributed by atoms with Crippen molar-refractivity contribution in [1.82, 2.24) is 0 Å². The molecule has 0 heterocycles. The van der Waals surface area contributed by atoms with Crippen molar-refractivity contribution in [2.24, 2.45) is 0 Å². The first-order chi connectivity index (χ1) is 16.0. The van der Waals surface area contributed by atoms with Crippen LogP contribution in [0.15, 0.2) is 81.7 Å². The molecule has 176 valence electrons. The summed E-state index contributed by atoms with van der Waals surface area (Å²) in [4.78, 5) is 12.8. The van der Waals surface area contributed by atoms with E-state index in [0.717, 1.165) is 41.6 Å². The van der Waals surface area contributed by atoms with Gasteiger partial charge < -0.3 is 9.47 Å². The average Bonchev–Trinajstić information content (AvgIpc) is 2.73. The summed E-state index contributed by atoms with van der Waals surface area (Å²) in [5, 5.41) is 4.64. The summed E-state index contributed by atoms with van der Waals surface area (Å²) in [6.45, 7) is 7.62. The number of ether oxygens (including phenoxy) is 2. The van der Waals surface area contributed by atoms with Crippen molar-refractivity contribution in [2.75, 3.05) is 0 Å². The lowest BCUT2D eigenvalue weighted by molar-refractivity contribution is -0.0582. The quantitative estimate of drug-likeness (QED) is 0.212. The van der Waals surface area contributed by atoms with Gasteiger partial charge in [0.25, 0.3) is 0 Å². The second kappa shape index (κ2) is 9.71. The molecule has 0 bridgehead atoms. The molecular formula is C29H28Br2O3. The van der Waals surface area contributed by atoms with Crippen LogP contribution in [0.3, 0.4) is 0 Å². The molecule has 0 unspecified atom stereocenters. The Morgan fingerprint density at radius 1 is 0.647 bits per heavy atom. The van der Waals surface area contributed by atoms with Gasteiger partial charge in [0.2, 0.25) is 0 Å². The van der Waals surface area contributed by atoms with E-state index < -0.39 is 17.4 Å². The molecule has 0 fully saturated rings. The molecule has 0 saturated carbocycles. The van der Waals surface area contributed by atoms with Crippen LogP contribution in [0.4, 0.5) is 4.79 Å². The third kappa shape index (κ3) is 6.00. The molecule has 0 aromatic heterocycles. The van der Waals surface area contributed by atoms with E-state index in [-0.39, 0.29) is 0 Å². The molecule has 5 heteroatoms. The minimum atomic E-state index is -0.734. The number of rotatable bonds is 6. The predicted octanol–water partition coefficient (Wildman–Crippen LogP) is 9.01. The van der Waals surface area contributed by atoms with Crippen molar-refractivity contribution in [1.29, 1.82) is 0 Å². The summed E-state index contributed by atoms with van der Waals surface area (Å²) in [6.07, 6.45) is 0.456. The number of hydrogen-bond donors (Lipinski definition) is 0. The van der Waals surface area contributed by atoms with Crippen LogP contribution in [0.2, 0.25) is 0 Å². The molecule has 4 rings (SSSR count). The van der Waals surface area contributed by atoms with Crippen LogP contribution in [0.5, 0.6) is 0 Å². The fourth-order valence-corrected chi connectivity index (χ4v) is 5.25. The number of carbonyl (C=O) groups is 1. The van der Waals surface area contributed by atoms with Crippen LogP contribution in [0, 0.1) is 0 Å². The second-order valence-electron chi connectivity index (χ2n) is 9.91. The van der Waals surface area contributed by atoms with Gasteiger partial charge in [-0.05, 0) is 84.6 Å². The largest absolute Gasteiger partial charge is 0.509 e. The van der Waals surface area contributed by atoms with Crippen molar-refractivity contribution in [3.05, 3.63) is 92.9 Å². The van der Waals surface area contributed by atoms with Crippen molar-refractivity contribution in [3.63, 3.8) is 0 Å². The van der Waals surface area contributed by atoms with Gasteiger partial charge in [0.1, 0.15) is 11.2 Å². The van der Waals surface area contributed by atoms with Crippen molar-refractivity contribution in [3.8, 4) is 0 Å². The third-order valence-corrected chi connectivity index (χ3v) is 7.26. The summed E-state index contributed by atoms with van der Waals surface area (Å²) in [5.41, 5.74) is 0.690. The van der Waals surface area contributed by atoms with Gasteiger partial charge in [0.05, 0.1) is 0 Å². The number of benzene rings is 4. The molecule has 0 aliphatic rings. The Labute approximate surface area is 217 Å². The van der Waals surface area contributed by atoms with Crippen molar-refractivity contribution < 1.29 is 14.3 Å². The zero-order chi connectivity index (χ0) is 24.5. The van der Waals surface area contributed by atoms with Gasteiger partial charge >= 0.3 is 6.16 Å². The van der Waals surface area contributed by atoms with Gasteiger partial charge in [-0.1, -0.05) is 80.4 Å². The Morgan fingerprint density at radius 2 is 0.971 bits per heavy atom. The molecule has 4 aromatic rings. The normalized spacial score (nSPS) is 12.2. The molecule has 0 spiro atoms. The summed E-state index contributed by atoms with van der Waals surface area (Å²) in [7, 11) is 0. The molecular weight excluding hydrogens is 556 g/mol. The van der Waals surface area contributed by atoms with Crippen LogP contribution in [0.25, 0.3) is 21.5 Å². The lowest BCUT2D eigenvalue weighted by Crippen LogP contribution is -2.36. The minimum absolute atomic E-state index is 0.560. The van der Waals surface area contributed by atoms with E-state index in [1.54, 1.807) is 0 Å². The second-order valence-corrected chi connectivity index (χ2v) is 11.6. The maximum atomic E-state index is 12.8. The molecule has 0 saturated heterocycles. The van der Waals surface area contributed by atoms with Gasteiger partial charge in [0.15, 0.2) is 0 Å². The van der Waals surface area contributed by atoms with Gasteiger partial charge in [-0.25, -0.2) is 4.79 Å². The van der Waals surface area contributed by atoms with E-state index >= 15 is 0 Å². The molecule has 34 heavy (non-hydrogen) atoms. The molecule has 0 atom stereocenters. The summed E-state index contributed by atoms with van der Waals surface area (Å²) < 4.78 is 13.6. The van der Waals surface area contributed by atoms with E-state index in [1.807, 2.05) is 52.0 Å². The molecule has 0 amide bonds. The van der Waals surface area contributed by atoms with Gasteiger partial charge in [0, 0.05) is 21.8 Å². The highest BCUT2D eigenvalue weighted by Crippen LogP contribution is 2.31. The topological polar surface area (TPSA) is 35.5 Å². The van der Waals surface area contributed by atoms with Crippen LogP contribution >= 0.6 is 31.9 Å². The standard InChI is InChI=1S/C29H28Br2O3/c1-28(2,17-23-13-19-9-5-7-11-21(19)15-25(23)30)33-27(32)34-29(3,4)18-24-14-20-10-6-8-12-22(20)16-26(24)31/h5-16H,17-18H2,1-4H3. The average molecular weight is 584 g/mol. The van der Waals surface area contributed by atoms with Gasteiger partial charge in [-0.3, -0.25) is 0 Å². The van der Waals surface area contributed by atoms with Gasteiger partial charge in [-0.2, -0.15) is 0 Å². The van der Waals surface area contributed by atoms with E-state index in [1.165, 1.54) is 0 Å². The number of fused-ring (bicyclic) bond motifs is 2. The van der Waals surface area contributed by atoms with Crippen molar-refractivity contribution in [2.45, 2.75) is 51.7 Å². The van der Waals surface area contributed by atoms with Crippen molar-refractivity contribution >= 4 is 59.6 Å². The highest BCUT2D eigenvalue weighted by molar-refractivity contribution is 9.10. The van der Waals surface area contributed by atoms with E-state index in [0.29, 0.717) is 12.8 Å². The third-order valence-electron chi connectivity index (χ3n) is 5.78. The zero-order valence-electron chi connectivity index (χ0n) is 19.8. The smallest absolute Gasteiger partial charge is 0.428 e. The lowest BCUT2D eigenvalue weighted by atomic mass is 9.96. The lowest BCUT2D eigenvalue weighted by Gasteiger charge is -2.30. The maximum Gasteiger partial charge on any atom is 0.509 e. The first-order valence-electron chi connectivity index (χ1n) is 11.3. The minimum Gasteiger partial charge on any atom is -0.428 e. The first-order valence-corrected chi connectivity index (χ1v) is 12.9. The molecule has 4 aromatic carbocycles. The highest BCUT2D eigenvalue weighted by atomic mass is 79.9. The molecule has 0 aliphatic heterocycles. The summed E-state index contributed by atoms with van der Waals surface area (Å²) >= 11 is 7.34. The Morgan fingerprint density at radius 3 is 1.32 bits per heavy atom. The summed E-state index contributed by atoms with van der Waals surface area (Å²) in [5.74, 6) is 0. The van der Waals surface area contributed by atoms with Gasteiger partial charge in [-0.15, -0.1) is 0 Å². The Bertz CT molecular complexity index is 1260. The molecule has 3 nitrogen and oxygen atoms in total. The fraction of sp³-hybridized carbons (Fsp3) is 0.276. The van der Waals surface area contributed by atoms with Crippen LogP contribution in [0.1, 0.15) is 38.8 Å². The molecule has 0 N–H and O–H groups in total. The molecule has 0 radical (unpaired) electrons. The van der Waals surface area contributed by atoms with Crippen LogP contribution < -0.4 is 0 Å². The van der Waals surface area contributed by atoms with Crippen LogP contribution in [-0.2, 0) is 22.3 Å². The monoisotopic (exact) mass is 582 g/mol. The Hall–Kier alpha value is -2.37. The maximum absolute atomic E-state index is 12.8. The highest BCUT2D eigenvalue weighted by Gasteiger charge is 2.31. The predicted molar refractivity (Wildman–Crippen MR) is 146 cm³/mol. The molecule has 0 aliphatic carbocycles. The van der Waals surface area contributed by atoms with E-state index in [4.69, 9.17) is 9.47 Å². The summed E-state index contributed by atoms with van der Waals surface area (Å²) in [6, 6.07) is 24.9.